The first-order chi connectivity index (χ1) is 11.7. The van der Waals surface area contributed by atoms with E-state index in [1.165, 1.54) is 9.75 Å². The molecule has 1 saturated heterocycles. The zero-order valence-corrected chi connectivity index (χ0v) is 14.9. The van der Waals surface area contributed by atoms with E-state index in [4.69, 9.17) is 10.00 Å². The summed E-state index contributed by atoms with van der Waals surface area (Å²) >= 11 is 1.84. The summed E-state index contributed by atoms with van der Waals surface area (Å²) in [6.07, 6.45) is 0. The van der Waals surface area contributed by atoms with Gasteiger partial charge in [0.15, 0.2) is 0 Å². The molecule has 0 amide bonds. The number of rotatable bonds is 5. The number of ether oxygens (including phenoxy) is 1. The molecule has 126 valence electrons. The maximum absolute atomic E-state index is 9.14. The van der Waals surface area contributed by atoms with Gasteiger partial charge in [-0.05, 0) is 37.6 Å². The van der Waals surface area contributed by atoms with Gasteiger partial charge < -0.3 is 10.1 Å². The number of aryl methyl sites for hydroxylation is 2. The molecule has 1 unspecified atom stereocenters. The van der Waals surface area contributed by atoms with Crippen molar-refractivity contribution in [2.24, 2.45) is 0 Å². The standard InChI is InChI=1S/C18H22N4OS/c1-13-3-6-18(21-15(13)11-19)20-12-16(17-5-4-14(2)24-17)22-7-9-23-10-8-22/h3-6,16H,7-10,12H2,1-2H3,(H,20,21). The van der Waals surface area contributed by atoms with Crippen LogP contribution >= 0.6 is 11.3 Å². The lowest BCUT2D eigenvalue weighted by Crippen LogP contribution is -2.41. The predicted octanol–water partition coefficient (Wildman–Crippen LogP) is 3.12. The van der Waals surface area contributed by atoms with E-state index in [2.05, 4.69) is 40.3 Å². The van der Waals surface area contributed by atoms with Gasteiger partial charge in [-0.25, -0.2) is 4.98 Å². The highest BCUT2D eigenvalue weighted by molar-refractivity contribution is 7.12. The molecule has 0 radical (unpaired) electrons. The van der Waals surface area contributed by atoms with Crippen LogP contribution in [0, 0.1) is 25.2 Å². The minimum atomic E-state index is 0.293. The summed E-state index contributed by atoms with van der Waals surface area (Å²) in [7, 11) is 0. The van der Waals surface area contributed by atoms with Crippen molar-refractivity contribution in [1.82, 2.24) is 9.88 Å². The summed E-state index contributed by atoms with van der Waals surface area (Å²) in [6, 6.07) is 10.7. The minimum Gasteiger partial charge on any atom is -0.379 e. The number of thiophene rings is 1. The van der Waals surface area contributed by atoms with Crippen LogP contribution in [0.2, 0.25) is 0 Å². The Morgan fingerprint density at radius 2 is 2.08 bits per heavy atom. The van der Waals surface area contributed by atoms with Gasteiger partial charge in [0.25, 0.3) is 0 Å². The minimum absolute atomic E-state index is 0.293. The van der Waals surface area contributed by atoms with E-state index in [9.17, 15) is 0 Å². The van der Waals surface area contributed by atoms with Gasteiger partial charge >= 0.3 is 0 Å². The lowest BCUT2D eigenvalue weighted by Gasteiger charge is -2.34. The second-order valence-electron chi connectivity index (χ2n) is 5.97. The van der Waals surface area contributed by atoms with Gasteiger partial charge in [0.2, 0.25) is 0 Å². The average molecular weight is 342 g/mol. The van der Waals surface area contributed by atoms with Crippen LogP contribution in [0.25, 0.3) is 0 Å². The lowest BCUT2D eigenvalue weighted by molar-refractivity contribution is 0.0194. The molecule has 24 heavy (non-hydrogen) atoms. The average Bonchev–Trinajstić information content (AvgIpc) is 3.03. The zero-order chi connectivity index (χ0) is 16.9. The maximum atomic E-state index is 9.14. The first-order valence-electron chi connectivity index (χ1n) is 8.17. The number of aromatic nitrogens is 1. The van der Waals surface area contributed by atoms with Crippen LogP contribution < -0.4 is 5.32 Å². The van der Waals surface area contributed by atoms with Crippen molar-refractivity contribution in [3.8, 4) is 6.07 Å². The van der Waals surface area contributed by atoms with E-state index >= 15 is 0 Å². The van der Waals surface area contributed by atoms with E-state index in [-0.39, 0.29) is 0 Å². The number of hydrogen-bond donors (Lipinski definition) is 1. The Bertz CT molecular complexity index is 731. The van der Waals surface area contributed by atoms with Gasteiger partial charge in [0, 0.05) is 29.4 Å². The predicted molar refractivity (Wildman–Crippen MR) is 96.4 cm³/mol. The maximum Gasteiger partial charge on any atom is 0.145 e. The van der Waals surface area contributed by atoms with Crippen LogP contribution in [0.4, 0.5) is 5.82 Å². The lowest BCUT2D eigenvalue weighted by atomic mass is 10.2. The second kappa shape index (κ2) is 7.75. The van der Waals surface area contributed by atoms with Crippen molar-refractivity contribution in [3.05, 3.63) is 45.3 Å². The highest BCUT2D eigenvalue weighted by atomic mass is 32.1. The van der Waals surface area contributed by atoms with Gasteiger partial charge in [-0.3, -0.25) is 4.90 Å². The highest BCUT2D eigenvalue weighted by Gasteiger charge is 2.23. The molecule has 1 fully saturated rings. The van der Waals surface area contributed by atoms with Crippen molar-refractivity contribution in [2.75, 3.05) is 38.2 Å². The summed E-state index contributed by atoms with van der Waals surface area (Å²) < 4.78 is 5.49. The Kier molecular flexibility index (Phi) is 5.46. The largest absolute Gasteiger partial charge is 0.379 e. The van der Waals surface area contributed by atoms with Crippen LogP contribution in [0.5, 0.6) is 0 Å². The highest BCUT2D eigenvalue weighted by Crippen LogP contribution is 2.28. The van der Waals surface area contributed by atoms with Crippen molar-refractivity contribution < 1.29 is 4.74 Å². The second-order valence-corrected chi connectivity index (χ2v) is 7.29. The summed E-state index contributed by atoms with van der Waals surface area (Å²) in [4.78, 5) is 9.53. The topological polar surface area (TPSA) is 61.2 Å². The molecular weight excluding hydrogens is 320 g/mol. The Morgan fingerprint density at radius 3 is 2.75 bits per heavy atom. The van der Waals surface area contributed by atoms with Crippen LogP contribution in [0.15, 0.2) is 24.3 Å². The molecule has 0 aliphatic carbocycles. The monoisotopic (exact) mass is 342 g/mol. The number of nitrogens with one attached hydrogen (secondary N) is 1. The third-order valence-electron chi connectivity index (χ3n) is 4.26. The smallest absolute Gasteiger partial charge is 0.145 e. The Balaban J connectivity index is 1.75. The summed E-state index contributed by atoms with van der Waals surface area (Å²) in [5.41, 5.74) is 1.39. The molecule has 0 saturated carbocycles. The van der Waals surface area contributed by atoms with Gasteiger partial charge in [-0.2, -0.15) is 5.26 Å². The van der Waals surface area contributed by atoms with Crippen molar-refractivity contribution in [2.45, 2.75) is 19.9 Å². The third kappa shape index (κ3) is 3.93. The van der Waals surface area contributed by atoms with Gasteiger partial charge in [0.05, 0.1) is 19.3 Å². The van der Waals surface area contributed by atoms with Crippen LogP contribution in [0.3, 0.4) is 0 Å². The van der Waals surface area contributed by atoms with Crippen LogP contribution in [-0.4, -0.2) is 42.7 Å². The first kappa shape index (κ1) is 16.9. The molecule has 3 heterocycles. The molecule has 6 heteroatoms. The fourth-order valence-corrected chi connectivity index (χ4v) is 3.89. The van der Waals surface area contributed by atoms with Gasteiger partial charge in [0.1, 0.15) is 17.6 Å². The van der Waals surface area contributed by atoms with E-state index < -0.39 is 0 Å². The van der Waals surface area contributed by atoms with E-state index in [1.807, 2.05) is 30.4 Å². The molecule has 3 rings (SSSR count). The first-order valence-corrected chi connectivity index (χ1v) is 8.99. The number of anilines is 1. The van der Waals surface area contributed by atoms with E-state index in [1.54, 1.807) is 0 Å². The molecule has 5 nitrogen and oxygen atoms in total. The molecule has 1 N–H and O–H groups in total. The number of nitriles is 1. The zero-order valence-electron chi connectivity index (χ0n) is 14.1. The molecule has 2 aromatic rings. The summed E-state index contributed by atoms with van der Waals surface area (Å²) in [5.74, 6) is 0.753. The van der Waals surface area contributed by atoms with Crippen molar-refractivity contribution in [3.63, 3.8) is 0 Å². The molecule has 1 aliphatic rings. The molecule has 0 bridgehead atoms. The van der Waals surface area contributed by atoms with E-state index in [0.717, 1.165) is 44.2 Å². The third-order valence-corrected chi connectivity index (χ3v) is 5.36. The molecular formula is C18H22N4OS. The molecule has 1 atom stereocenters. The van der Waals surface area contributed by atoms with E-state index in [0.29, 0.717) is 11.7 Å². The van der Waals surface area contributed by atoms with Gasteiger partial charge in [-0.1, -0.05) is 6.07 Å². The number of nitrogens with zero attached hydrogens (tertiary/aromatic N) is 3. The van der Waals surface area contributed by atoms with Crippen LogP contribution in [-0.2, 0) is 4.74 Å². The Morgan fingerprint density at radius 1 is 1.29 bits per heavy atom. The summed E-state index contributed by atoms with van der Waals surface area (Å²) in [5, 5.41) is 12.6. The molecule has 0 aromatic carbocycles. The number of pyridine rings is 1. The molecule has 1 aliphatic heterocycles. The van der Waals surface area contributed by atoms with Crippen molar-refractivity contribution in [1.29, 1.82) is 5.26 Å². The molecule has 0 spiro atoms. The Labute approximate surface area is 146 Å². The Hall–Kier alpha value is -1.94. The SMILES string of the molecule is Cc1ccc(C(CNc2ccc(C)c(C#N)n2)N2CCOCC2)s1. The van der Waals surface area contributed by atoms with Crippen LogP contribution in [0.1, 0.15) is 27.1 Å². The number of morpholine rings is 1. The quantitative estimate of drug-likeness (QED) is 0.904. The van der Waals surface area contributed by atoms with Crippen molar-refractivity contribution >= 4 is 17.2 Å². The fraction of sp³-hybridized carbons (Fsp3) is 0.444. The summed E-state index contributed by atoms with van der Waals surface area (Å²) in [6.45, 7) is 8.24. The van der Waals surface area contributed by atoms with Gasteiger partial charge in [-0.15, -0.1) is 11.3 Å². The fourth-order valence-electron chi connectivity index (χ4n) is 2.87. The normalized spacial score (nSPS) is 16.5. The number of hydrogen-bond acceptors (Lipinski definition) is 6. The molecule has 2 aromatic heterocycles.